The lowest BCUT2D eigenvalue weighted by molar-refractivity contribution is 0.192. The Kier molecular flexibility index (Phi) is 14.1. The smallest absolute Gasteiger partial charge is 0.180 e. The third kappa shape index (κ3) is 10.7. The number of rotatable bonds is 20. The third-order valence-electron chi connectivity index (χ3n) is 8.45. The van der Waals surface area contributed by atoms with Crippen LogP contribution in [0.15, 0.2) is 36.8 Å². The van der Waals surface area contributed by atoms with E-state index >= 15 is 0 Å². The first-order chi connectivity index (χ1) is 20.8. The van der Waals surface area contributed by atoms with Crippen molar-refractivity contribution in [1.29, 1.82) is 5.26 Å². The third-order valence-corrected chi connectivity index (χ3v) is 8.45. The Morgan fingerprint density at radius 1 is 0.905 bits per heavy atom. The number of nitriles is 1. The van der Waals surface area contributed by atoms with E-state index in [4.69, 9.17) is 9.72 Å². The zero-order chi connectivity index (χ0) is 29.2. The summed E-state index contributed by atoms with van der Waals surface area (Å²) in [6.07, 6.45) is 26.9. The summed E-state index contributed by atoms with van der Waals surface area (Å²) in [5, 5.41) is 12.9. The molecule has 0 spiro atoms. The molecule has 0 radical (unpaired) electrons. The van der Waals surface area contributed by atoms with Crippen LogP contribution >= 0.6 is 0 Å². The van der Waals surface area contributed by atoms with Crippen molar-refractivity contribution in [3.63, 3.8) is 0 Å². The second-order valence-corrected chi connectivity index (χ2v) is 11.9. The van der Waals surface area contributed by atoms with Crippen molar-refractivity contribution in [2.24, 2.45) is 0 Å². The van der Waals surface area contributed by atoms with Crippen molar-refractivity contribution in [1.82, 2.24) is 24.3 Å². The van der Waals surface area contributed by atoms with E-state index in [0.717, 1.165) is 36.7 Å². The molecule has 1 saturated heterocycles. The molecule has 0 aromatic carbocycles. The van der Waals surface area contributed by atoms with Crippen molar-refractivity contribution in [2.45, 2.75) is 109 Å². The van der Waals surface area contributed by atoms with Gasteiger partial charge < -0.3 is 15.0 Å². The lowest BCUT2D eigenvalue weighted by atomic mass is 10.0. The van der Waals surface area contributed by atoms with Crippen LogP contribution in [-0.2, 0) is 4.74 Å². The molecule has 8 nitrogen and oxygen atoms in total. The van der Waals surface area contributed by atoms with Gasteiger partial charge in [-0.05, 0) is 57.0 Å². The first-order valence-corrected chi connectivity index (χ1v) is 16.5. The maximum atomic E-state index is 9.28. The van der Waals surface area contributed by atoms with Gasteiger partial charge >= 0.3 is 0 Å². The molecule has 8 heteroatoms. The second-order valence-electron chi connectivity index (χ2n) is 11.9. The van der Waals surface area contributed by atoms with E-state index in [9.17, 15) is 5.26 Å². The summed E-state index contributed by atoms with van der Waals surface area (Å²) in [6.45, 7) is 4.38. The maximum Gasteiger partial charge on any atom is 0.180 e. The summed E-state index contributed by atoms with van der Waals surface area (Å²) in [4.78, 5) is 16.4. The second kappa shape index (κ2) is 18.5. The van der Waals surface area contributed by atoms with Crippen LogP contribution in [0.2, 0.25) is 0 Å². The number of hydrogen-bond acceptors (Lipinski definition) is 7. The molecule has 4 heterocycles. The van der Waals surface area contributed by atoms with Crippen molar-refractivity contribution in [3.05, 3.63) is 42.4 Å². The summed E-state index contributed by atoms with van der Waals surface area (Å²) in [5.74, 6) is 1.45. The number of ether oxygens (including phenoxy) is 1. The molecule has 1 aliphatic heterocycles. The first-order valence-electron chi connectivity index (χ1n) is 16.5. The molecular formula is C34H51N7O. The Labute approximate surface area is 252 Å². The Bertz CT molecular complexity index is 1220. The molecule has 228 valence electrons. The Balaban J connectivity index is 1.07. The summed E-state index contributed by atoms with van der Waals surface area (Å²) in [5.41, 5.74) is 2.15. The minimum atomic E-state index is 0.393. The lowest BCUT2D eigenvalue weighted by Crippen LogP contribution is -2.42. The van der Waals surface area contributed by atoms with Gasteiger partial charge in [-0.1, -0.05) is 77.0 Å². The molecule has 1 aliphatic rings. The van der Waals surface area contributed by atoms with Gasteiger partial charge in [0, 0.05) is 38.7 Å². The number of likely N-dealkylation sites (tertiary alicyclic amines) is 1. The van der Waals surface area contributed by atoms with Gasteiger partial charge in [-0.25, -0.2) is 15.0 Å². The quantitative estimate of drug-likeness (QED) is 0.139. The fourth-order valence-electron chi connectivity index (χ4n) is 6.06. The number of fused-ring (bicyclic) bond motifs is 1. The Morgan fingerprint density at radius 2 is 1.60 bits per heavy atom. The molecule has 0 unspecified atom stereocenters. The van der Waals surface area contributed by atoms with Crippen molar-refractivity contribution >= 4 is 11.5 Å². The van der Waals surface area contributed by atoms with Crippen LogP contribution in [0.4, 0.5) is 5.82 Å². The number of piperidine rings is 1. The van der Waals surface area contributed by atoms with Crippen molar-refractivity contribution < 1.29 is 4.74 Å². The van der Waals surface area contributed by atoms with Gasteiger partial charge in [0.25, 0.3) is 0 Å². The highest BCUT2D eigenvalue weighted by atomic mass is 16.5. The molecular weight excluding hydrogens is 522 g/mol. The van der Waals surface area contributed by atoms with Gasteiger partial charge in [0.1, 0.15) is 23.2 Å². The number of imidazole rings is 1. The number of pyridine rings is 1. The maximum absolute atomic E-state index is 9.28. The van der Waals surface area contributed by atoms with E-state index in [-0.39, 0.29) is 0 Å². The van der Waals surface area contributed by atoms with E-state index in [2.05, 4.69) is 26.3 Å². The summed E-state index contributed by atoms with van der Waals surface area (Å²) < 4.78 is 7.00. The largest absolute Gasteiger partial charge is 0.385 e. The highest BCUT2D eigenvalue weighted by Crippen LogP contribution is 2.21. The van der Waals surface area contributed by atoms with Crippen LogP contribution in [0.1, 0.15) is 108 Å². The van der Waals surface area contributed by atoms with Crippen LogP contribution in [0.25, 0.3) is 17.2 Å². The average molecular weight is 574 g/mol. The number of nitrogens with one attached hydrogen (secondary N) is 1. The standard InChI is InChI=1S/C34H51N7O/c1-42-24-15-13-11-9-7-5-3-2-4-6-8-10-12-14-22-40-23-16-17-30(28-40)38-32-20-21-36-34(39-32)31-26-37-33-19-18-29(25-35)27-41(31)33/h18-21,26-27,30H,2-17,22-24,28H2,1H3,(H,36,38,39)/t30-/m1/s1. The summed E-state index contributed by atoms with van der Waals surface area (Å²) >= 11 is 0. The highest BCUT2D eigenvalue weighted by molar-refractivity contribution is 5.59. The lowest BCUT2D eigenvalue weighted by Gasteiger charge is -2.33. The van der Waals surface area contributed by atoms with Gasteiger partial charge in [-0.2, -0.15) is 5.26 Å². The monoisotopic (exact) mass is 573 g/mol. The van der Waals surface area contributed by atoms with Gasteiger partial charge in [0.15, 0.2) is 5.82 Å². The SMILES string of the molecule is COCCCCCCCCCCCCCCCCN1CCC[C@@H](Nc2ccnc(-c3cnc4ccc(C#N)cn34)n2)C1. The van der Waals surface area contributed by atoms with E-state index in [0.29, 0.717) is 17.4 Å². The minimum absolute atomic E-state index is 0.393. The number of nitrogens with zero attached hydrogens (tertiary/aromatic N) is 6. The van der Waals surface area contributed by atoms with Crippen LogP contribution in [0.3, 0.4) is 0 Å². The topological polar surface area (TPSA) is 91.4 Å². The van der Waals surface area contributed by atoms with E-state index < -0.39 is 0 Å². The van der Waals surface area contributed by atoms with Gasteiger partial charge in [-0.15, -0.1) is 0 Å². The fourth-order valence-corrected chi connectivity index (χ4v) is 6.06. The molecule has 42 heavy (non-hydrogen) atoms. The highest BCUT2D eigenvalue weighted by Gasteiger charge is 2.20. The average Bonchev–Trinajstić information content (AvgIpc) is 3.44. The molecule has 4 rings (SSSR count). The van der Waals surface area contributed by atoms with E-state index in [1.54, 1.807) is 31.8 Å². The van der Waals surface area contributed by atoms with Gasteiger partial charge in [-0.3, -0.25) is 4.40 Å². The van der Waals surface area contributed by atoms with Crippen molar-refractivity contribution in [2.75, 3.05) is 38.7 Å². The normalized spacial score (nSPS) is 15.7. The summed E-state index contributed by atoms with van der Waals surface area (Å²) in [7, 11) is 1.79. The number of anilines is 1. The number of unbranched alkanes of at least 4 members (excludes halogenated alkanes) is 13. The van der Waals surface area contributed by atoms with Crippen LogP contribution in [0.5, 0.6) is 0 Å². The number of aromatic nitrogens is 4. The molecule has 3 aromatic heterocycles. The fraction of sp³-hybridized carbons (Fsp3) is 0.647. The van der Waals surface area contributed by atoms with Gasteiger partial charge in [0.05, 0.1) is 11.8 Å². The number of hydrogen-bond donors (Lipinski definition) is 1. The molecule has 0 saturated carbocycles. The Morgan fingerprint density at radius 3 is 2.29 bits per heavy atom. The zero-order valence-electron chi connectivity index (χ0n) is 25.8. The van der Waals surface area contributed by atoms with E-state index in [1.807, 2.05) is 16.5 Å². The van der Waals surface area contributed by atoms with Crippen LogP contribution < -0.4 is 5.32 Å². The van der Waals surface area contributed by atoms with Crippen LogP contribution in [0, 0.1) is 11.3 Å². The van der Waals surface area contributed by atoms with Gasteiger partial charge in [0.2, 0.25) is 0 Å². The zero-order valence-corrected chi connectivity index (χ0v) is 25.8. The molecule has 1 atom stereocenters. The molecule has 1 fully saturated rings. The molecule has 0 aliphatic carbocycles. The minimum Gasteiger partial charge on any atom is -0.385 e. The molecule has 0 bridgehead atoms. The molecule has 1 N–H and O–H groups in total. The first kappa shape index (κ1) is 31.9. The number of methoxy groups -OCH3 is 1. The van der Waals surface area contributed by atoms with E-state index in [1.165, 1.54) is 109 Å². The predicted octanol–water partition coefficient (Wildman–Crippen LogP) is 7.65. The predicted molar refractivity (Wildman–Crippen MR) is 171 cm³/mol. The van der Waals surface area contributed by atoms with Crippen LogP contribution in [-0.4, -0.2) is 63.6 Å². The Hall–Kier alpha value is -3.02. The summed E-state index contributed by atoms with van der Waals surface area (Å²) in [6, 6.07) is 8.15. The molecule has 3 aromatic rings. The van der Waals surface area contributed by atoms with Crippen molar-refractivity contribution in [3.8, 4) is 17.6 Å². The molecule has 0 amide bonds.